The highest BCUT2D eigenvalue weighted by Crippen LogP contribution is 2.30. The van der Waals surface area contributed by atoms with Gasteiger partial charge in [0.05, 0.1) is 24.6 Å². The molecule has 2 rings (SSSR count). The molecule has 1 heterocycles. The third-order valence-electron chi connectivity index (χ3n) is 3.25. The monoisotopic (exact) mass is 390 g/mol. The van der Waals surface area contributed by atoms with E-state index in [9.17, 15) is 17.6 Å². The summed E-state index contributed by atoms with van der Waals surface area (Å²) in [4.78, 5) is 16.2. The van der Waals surface area contributed by atoms with Gasteiger partial charge in [0.2, 0.25) is 0 Å². The summed E-state index contributed by atoms with van der Waals surface area (Å²) in [5, 5.41) is 3.78. The average Bonchev–Trinajstić information content (AvgIpc) is 2.52. The maximum absolute atomic E-state index is 14.2. The van der Waals surface area contributed by atoms with E-state index in [1.54, 1.807) is 6.92 Å². The van der Waals surface area contributed by atoms with Gasteiger partial charge in [-0.05, 0) is 19.1 Å². The van der Waals surface area contributed by atoms with Gasteiger partial charge in [-0.2, -0.15) is 8.42 Å². The number of ether oxygens (including phenoxy) is 1. The summed E-state index contributed by atoms with van der Waals surface area (Å²) in [7, 11) is -3.80. The largest absolute Gasteiger partial charge is 0.462 e. The molecule has 0 saturated heterocycles. The standard InChI is InChI=1S/C15H16ClFN2O5S/c1-3-23-15(20)14-8-10(19-24-25(2,21)22)7-13(18-14)11-5-4-9(16)6-12(11)17/h4-6,13H,3,7-8H2,1-2H3. The van der Waals surface area contributed by atoms with Crippen molar-refractivity contribution in [1.29, 1.82) is 0 Å². The van der Waals surface area contributed by atoms with Crippen molar-refractivity contribution < 1.29 is 26.6 Å². The van der Waals surface area contributed by atoms with Gasteiger partial charge in [0.1, 0.15) is 11.5 Å². The van der Waals surface area contributed by atoms with Crippen molar-refractivity contribution in [2.24, 2.45) is 10.1 Å². The number of aliphatic imine (C=N–C) groups is 1. The zero-order valence-electron chi connectivity index (χ0n) is 13.5. The fourth-order valence-corrected chi connectivity index (χ4v) is 2.65. The zero-order chi connectivity index (χ0) is 18.6. The van der Waals surface area contributed by atoms with E-state index in [0.717, 1.165) is 12.3 Å². The van der Waals surface area contributed by atoms with Gasteiger partial charge in [0.25, 0.3) is 0 Å². The highest BCUT2D eigenvalue weighted by Gasteiger charge is 2.28. The molecule has 10 heteroatoms. The molecule has 0 fully saturated rings. The smallest absolute Gasteiger partial charge is 0.352 e. The van der Waals surface area contributed by atoms with Crippen LogP contribution in [0.5, 0.6) is 0 Å². The van der Waals surface area contributed by atoms with Gasteiger partial charge in [-0.1, -0.05) is 22.8 Å². The Bertz CT molecular complexity index is 838. The number of carbonyl (C=O) groups is 1. The number of hydrogen-bond acceptors (Lipinski definition) is 7. The molecule has 0 N–H and O–H groups in total. The first kappa shape index (κ1) is 19.3. The summed E-state index contributed by atoms with van der Waals surface area (Å²) in [6.45, 7) is 1.78. The number of esters is 1. The maximum Gasteiger partial charge on any atom is 0.352 e. The first-order valence-corrected chi connectivity index (χ1v) is 9.52. The molecule has 1 aromatic carbocycles. The fraction of sp³-hybridized carbons (Fsp3) is 0.400. The lowest BCUT2D eigenvalue weighted by molar-refractivity contribution is -0.135. The molecule has 1 aliphatic rings. The summed E-state index contributed by atoms with van der Waals surface area (Å²) in [6.07, 6.45) is 0.896. The van der Waals surface area contributed by atoms with Crippen molar-refractivity contribution in [1.82, 2.24) is 0 Å². The number of halogens is 2. The second-order valence-electron chi connectivity index (χ2n) is 5.29. The minimum atomic E-state index is -3.80. The summed E-state index contributed by atoms with van der Waals surface area (Å²) >= 11 is 5.74. The minimum absolute atomic E-state index is 0.0169. The molecule has 1 unspecified atom stereocenters. The van der Waals surface area contributed by atoms with E-state index in [0.29, 0.717) is 0 Å². The summed E-state index contributed by atoms with van der Waals surface area (Å²) in [6, 6.07) is 3.31. The molecule has 7 nitrogen and oxygen atoms in total. The van der Waals surface area contributed by atoms with Crippen molar-refractivity contribution in [3.05, 3.63) is 34.6 Å². The average molecular weight is 391 g/mol. The molecule has 1 aliphatic heterocycles. The number of rotatable bonds is 5. The fourth-order valence-electron chi connectivity index (χ4n) is 2.25. The normalized spacial score (nSPS) is 19.4. The zero-order valence-corrected chi connectivity index (χ0v) is 15.1. The molecule has 0 saturated carbocycles. The van der Waals surface area contributed by atoms with Crippen LogP contribution in [0.15, 0.2) is 28.3 Å². The van der Waals surface area contributed by atoms with Crippen LogP contribution in [0.25, 0.3) is 0 Å². The Morgan fingerprint density at radius 1 is 1.48 bits per heavy atom. The van der Waals surface area contributed by atoms with Crippen molar-refractivity contribution in [2.45, 2.75) is 25.8 Å². The van der Waals surface area contributed by atoms with Gasteiger partial charge in [-0.3, -0.25) is 9.28 Å². The number of hydrogen-bond donors (Lipinski definition) is 0. The molecule has 0 radical (unpaired) electrons. The van der Waals surface area contributed by atoms with Gasteiger partial charge in [-0.15, -0.1) is 0 Å². The Morgan fingerprint density at radius 2 is 2.20 bits per heavy atom. The molecule has 0 amide bonds. The lowest BCUT2D eigenvalue weighted by Crippen LogP contribution is -2.27. The summed E-state index contributed by atoms with van der Waals surface area (Å²) < 4.78 is 45.7. The van der Waals surface area contributed by atoms with E-state index in [1.807, 2.05) is 0 Å². The molecule has 136 valence electrons. The van der Waals surface area contributed by atoms with E-state index in [1.165, 1.54) is 12.1 Å². The predicted molar refractivity (Wildman–Crippen MR) is 90.8 cm³/mol. The lowest BCUT2D eigenvalue weighted by Gasteiger charge is -2.21. The van der Waals surface area contributed by atoms with Crippen molar-refractivity contribution in [3.8, 4) is 0 Å². The molecular weight excluding hydrogens is 375 g/mol. The van der Waals surface area contributed by atoms with Gasteiger partial charge in [-0.25, -0.2) is 9.18 Å². The van der Waals surface area contributed by atoms with Crippen molar-refractivity contribution in [3.63, 3.8) is 0 Å². The van der Waals surface area contributed by atoms with Crippen LogP contribution in [-0.4, -0.2) is 38.7 Å². The second-order valence-corrected chi connectivity index (χ2v) is 7.29. The van der Waals surface area contributed by atoms with Crippen LogP contribution in [0.4, 0.5) is 4.39 Å². The second kappa shape index (κ2) is 7.92. The Kier molecular flexibility index (Phi) is 6.12. The predicted octanol–water partition coefficient (Wildman–Crippen LogP) is 2.65. The molecular formula is C15H16ClFN2O5S. The van der Waals surface area contributed by atoms with E-state index in [2.05, 4.69) is 14.4 Å². The van der Waals surface area contributed by atoms with Crippen LogP contribution in [0, 0.1) is 5.82 Å². The molecule has 0 aliphatic carbocycles. The van der Waals surface area contributed by atoms with Crippen LogP contribution < -0.4 is 0 Å². The maximum atomic E-state index is 14.2. The topological polar surface area (TPSA) is 94.4 Å². The van der Waals surface area contributed by atoms with Crippen LogP contribution in [-0.2, 0) is 23.9 Å². The highest BCUT2D eigenvalue weighted by atomic mass is 35.5. The third-order valence-corrected chi connectivity index (χ3v) is 3.83. The Labute approximate surface area is 149 Å². The minimum Gasteiger partial charge on any atom is -0.462 e. The Morgan fingerprint density at radius 3 is 2.80 bits per heavy atom. The van der Waals surface area contributed by atoms with Crippen LogP contribution in [0.3, 0.4) is 0 Å². The van der Waals surface area contributed by atoms with Gasteiger partial charge in [0.15, 0.2) is 0 Å². The molecule has 0 aromatic heterocycles. The van der Waals surface area contributed by atoms with E-state index < -0.39 is 27.9 Å². The molecule has 1 aromatic rings. The summed E-state index contributed by atoms with van der Waals surface area (Å²) in [5.41, 5.74) is 0.462. The third kappa shape index (κ3) is 5.50. The van der Waals surface area contributed by atoms with Crippen LogP contribution in [0.2, 0.25) is 5.02 Å². The van der Waals surface area contributed by atoms with E-state index in [-0.39, 0.29) is 41.5 Å². The van der Waals surface area contributed by atoms with Gasteiger partial charge < -0.3 is 4.74 Å². The quantitative estimate of drug-likeness (QED) is 0.569. The molecule has 0 bridgehead atoms. The Hall–Kier alpha value is -2.00. The van der Waals surface area contributed by atoms with Crippen molar-refractivity contribution in [2.75, 3.05) is 12.9 Å². The van der Waals surface area contributed by atoms with E-state index >= 15 is 0 Å². The Balaban J connectivity index is 2.39. The SMILES string of the molecule is CCOC(=O)C1=NC(c2ccc(Cl)cc2F)CC(=NOS(C)(=O)=O)C1. The van der Waals surface area contributed by atoms with Crippen molar-refractivity contribution >= 4 is 39.1 Å². The number of benzene rings is 1. The molecule has 0 spiro atoms. The number of nitrogens with zero attached hydrogens (tertiary/aromatic N) is 2. The number of oxime groups is 1. The van der Waals surface area contributed by atoms with E-state index in [4.69, 9.17) is 16.3 Å². The van der Waals surface area contributed by atoms with Gasteiger partial charge >= 0.3 is 16.1 Å². The lowest BCUT2D eigenvalue weighted by atomic mass is 9.95. The first-order chi connectivity index (χ1) is 11.7. The summed E-state index contributed by atoms with van der Waals surface area (Å²) in [5.74, 6) is -1.26. The highest BCUT2D eigenvalue weighted by molar-refractivity contribution is 7.85. The number of carbonyl (C=O) groups excluding carboxylic acids is 1. The molecule has 1 atom stereocenters. The van der Waals surface area contributed by atoms with Crippen LogP contribution in [0.1, 0.15) is 31.4 Å². The van der Waals surface area contributed by atoms with Crippen LogP contribution >= 0.6 is 11.6 Å². The molecule has 25 heavy (non-hydrogen) atoms. The first-order valence-electron chi connectivity index (χ1n) is 7.32. The van der Waals surface area contributed by atoms with Gasteiger partial charge in [0, 0.05) is 23.4 Å².